The Kier molecular flexibility index (Phi) is 4.65. The summed E-state index contributed by atoms with van der Waals surface area (Å²) in [5.41, 5.74) is 3.47. The third-order valence-electron chi connectivity index (χ3n) is 6.24. The van der Waals surface area contributed by atoms with E-state index < -0.39 is 0 Å². The Morgan fingerprint density at radius 2 is 1.97 bits per heavy atom. The summed E-state index contributed by atoms with van der Waals surface area (Å²) >= 11 is 0. The maximum atomic E-state index is 5.61. The predicted octanol–water partition coefficient (Wildman–Crippen LogP) is 2.72. The van der Waals surface area contributed by atoms with Gasteiger partial charge in [0.25, 0.3) is 0 Å². The fraction of sp³-hybridized carbons (Fsp3) is 0.522. The first-order valence-electron chi connectivity index (χ1n) is 10.8. The van der Waals surface area contributed by atoms with E-state index in [0.717, 1.165) is 62.1 Å². The molecule has 5 rings (SSSR count). The van der Waals surface area contributed by atoms with E-state index in [0.29, 0.717) is 6.04 Å². The van der Waals surface area contributed by atoms with E-state index in [4.69, 9.17) is 9.84 Å². The van der Waals surface area contributed by atoms with Crippen LogP contribution in [0.2, 0.25) is 0 Å². The summed E-state index contributed by atoms with van der Waals surface area (Å²) in [6.07, 6.45) is 2.11. The molecule has 1 fully saturated rings. The van der Waals surface area contributed by atoms with Gasteiger partial charge in [-0.15, -0.1) is 15.3 Å². The summed E-state index contributed by atoms with van der Waals surface area (Å²) in [7, 11) is 2.23. The number of anilines is 1. The standard InChI is InChI=1S/C23H30N6O/c1-23(2,3)22-25-24-20-7-8-21(26-29(20)22)28-14-18(15-28)27(4)11-9-16-5-6-19-17(13-16)10-12-30-19/h5-8,13,18H,9-12,14-15H2,1-4H3. The first-order valence-corrected chi connectivity index (χ1v) is 10.8. The lowest BCUT2D eigenvalue weighted by molar-refractivity contribution is 0.206. The lowest BCUT2D eigenvalue weighted by Gasteiger charge is -2.44. The maximum Gasteiger partial charge on any atom is 0.178 e. The van der Waals surface area contributed by atoms with Gasteiger partial charge in [-0.25, -0.2) is 0 Å². The van der Waals surface area contributed by atoms with Crippen LogP contribution < -0.4 is 9.64 Å². The Morgan fingerprint density at radius 1 is 1.13 bits per heavy atom. The van der Waals surface area contributed by atoms with E-state index in [-0.39, 0.29) is 5.41 Å². The van der Waals surface area contributed by atoms with Crippen LogP contribution in [0.1, 0.15) is 37.7 Å². The molecule has 2 aliphatic heterocycles. The van der Waals surface area contributed by atoms with E-state index in [1.165, 1.54) is 11.1 Å². The number of rotatable bonds is 5. The van der Waals surface area contributed by atoms with Crippen LogP contribution >= 0.6 is 0 Å². The third kappa shape index (κ3) is 3.51. The summed E-state index contributed by atoms with van der Waals surface area (Å²) < 4.78 is 7.51. The number of hydrogen-bond donors (Lipinski definition) is 0. The van der Waals surface area contributed by atoms with Crippen molar-refractivity contribution in [2.75, 3.05) is 38.2 Å². The van der Waals surface area contributed by atoms with Gasteiger partial charge in [0.05, 0.1) is 6.61 Å². The molecule has 0 bridgehead atoms. The zero-order valence-corrected chi connectivity index (χ0v) is 18.3. The van der Waals surface area contributed by atoms with Gasteiger partial charge in [-0.05, 0) is 42.8 Å². The number of aromatic nitrogens is 4. The highest BCUT2D eigenvalue weighted by atomic mass is 16.5. The van der Waals surface area contributed by atoms with Crippen LogP contribution in [0, 0.1) is 0 Å². The van der Waals surface area contributed by atoms with E-state index >= 15 is 0 Å². The highest BCUT2D eigenvalue weighted by Crippen LogP contribution is 2.27. The van der Waals surface area contributed by atoms with Gasteiger partial charge in [0.1, 0.15) is 11.6 Å². The fourth-order valence-corrected chi connectivity index (χ4v) is 4.22. The Labute approximate surface area is 177 Å². The summed E-state index contributed by atoms with van der Waals surface area (Å²) in [5.74, 6) is 2.96. The molecule has 3 aromatic rings. The number of benzene rings is 1. The molecule has 0 aliphatic carbocycles. The maximum absolute atomic E-state index is 5.61. The second kappa shape index (κ2) is 7.23. The molecule has 1 aromatic carbocycles. The average Bonchev–Trinajstić information content (AvgIpc) is 3.30. The number of hydrogen-bond acceptors (Lipinski definition) is 6. The highest BCUT2D eigenvalue weighted by molar-refractivity contribution is 5.48. The van der Waals surface area contributed by atoms with Gasteiger partial charge in [0.15, 0.2) is 11.5 Å². The van der Waals surface area contributed by atoms with Crippen molar-refractivity contribution in [2.24, 2.45) is 0 Å². The SMILES string of the molecule is CN(CCc1ccc2c(c1)CCO2)C1CN(c2ccc3nnc(C(C)(C)C)n3n2)C1. The highest BCUT2D eigenvalue weighted by Gasteiger charge is 2.31. The molecule has 0 spiro atoms. The molecule has 1 saturated heterocycles. The summed E-state index contributed by atoms with van der Waals surface area (Å²) in [5, 5.41) is 13.4. The van der Waals surface area contributed by atoms with Crippen LogP contribution in [-0.4, -0.2) is 64.0 Å². The van der Waals surface area contributed by atoms with Gasteiger partial charge >= 0.3 is 0 Å². The molecule has 0 amide bonds. The number of nitrogens with zero attached hydrogens (tertiary/aromatic N) is 6. The lowest BCUT2D eigenvalue weighted by Crippen LogP contribution is -2.59. The first kappa shape index (κ1) is 19.3. The molecule has 0 N–H and O–H groups in total. The number of fused-ring (bicyclic) bond motifs is 2. The molecular formula is C23H30N6O. The number of ether oxygens (including phenoxy) is 1. The Balaban J connectivity index is 1.19. The molecule has 7 nitrogen and oxygen atoms in total. The zero-order valence-electron chi connectivity index (χ0n) is 18.3. The van der Waals surface area contributed by atoms with Gasteiger partial charge in [-0.2, -0.15) is 4.52 Å². The Morgan fingerprint density at radius 3 is 2.77 bits per heavy atom. The van der Waals surface area contributed by atoms with Gasteiger partial charge in [-0.1, -0.05) is 32.9 Å². The number of likely N-dealkylation sites (N-methyl/N-ethyl adjacent to an activating group) is 1. The third-order valence-corrected chi connectivity index (χ3v) is 6.24. The van der Waals surface area contributed by atoms with Gasteiger partial charge in [0.2, 0.25) is 0 Å². The van der Waals surface area contributed by atoms with Crippen LogP contribution in [-0.2, 0) is 18.3 Å². The normalized spacial score (nSPS) is 16.8. The van der Waals surface area contributed by atoms with Crippen molar-refractivity contribution in [1.82, 2.24) is 24.7 Å². The Hall–Kier alpha value is -2.67. The van der Waals surface area contributed by atoms with Crippen LogP contribution in [0.4, 0.5) is 5.82 Å². The van der Waals surface area contributed by atoms with Crippen LogP contribution in [0.3, 0.4) is 0 Å². The van der Waals surface area contributed by atoms with Gasteiger partial charge in [-0.3, -0.25) is 4.90 Å². The van der Waals surface area contributed by atoms with Crippen LogP contribution in [0.5, 0.6) is 5.75 Å². The van der Waals surface area contributed by atoms with Crippen molar-refractivity contribution in [3.05, 3.63) is 47.3 Å². The topological polar surface area (TPSA) is 58.8 Å². The second-order valence-corrected chi connectivity index (χ2v) is 9.57. The molecule has 0 unspecified atom stereocenters. The van der Waals surface area contributed by atoms with E-state index in [2.05, 4.69) is 72.1 Å². The minimum absolute atomic E-state index is 0.0909. The first-order chi connectivity index (χ1) is 14.4. The van der Waals surface area contributed by atoms with E-state index in [1.54, 1.807) is 0 Å². The van der Waals surface area contributed by atoms with Gasteiger partial charge in [0, 0.05) is 37.5 Å². The Bertz CT molecular complexity index is 1060. The quantitative estimate of drug-likeness (QED) is 0.649. The predicted molar refractivity (Wildman–Crippen MR) is 117 cm³/mol. The molecule has 0 saturated carbocycles. The fourth-order valence-electron chi connectivity index (χ4n) is 4.22. The summed E-state index contributed by atoms with van der Waals surface area (Å²) in [4.78, 5) is 4.80. The zero-order chi connectivity index (χ0) is 20.9. The molecule has 158 valence electrons. The summed E-state index contributed by atoms with van der Waals surface area (Å²) in [6, 6.07) is 11.3. The van der Waals surface area contributed by atoms with Gasteiger partial charge < -0.3 is 9.64 Å². The van der Waals surface area contributed by atoms with Crippen molar-refractivity contribution in [3.63, 3.8) is 0 Å². The molecule has 2 aliphatic rings. The lowest BCUT2D eigenvalue weighted by atomic mass is 9.96. The second-order valence-electron chi connectivity index (χ2n) is 9.57. The van der Waals surface area contributed by atoms with Crippen LogP contribution in [0.25, 0.3) is 5.65 Å². The minimum atomic E-state index is -0.0909. The molecule has 4 heterocycles. The van der Waals surface area contributed by atoms with Crippen molar-refractivity contribution in [2.45, 2.75) is 45.1 Å². The minimum Gasteiger partial charge on any atom is -0.493 e. The average molecular weight is 407 g/mol. The summed E-state index contributed by atoms with van der Waals surface area (Å²) in [6.45, 7) is 10.3. The van der Waals surface area contributed by atoms with Crippen molar-refractivity contribution < 1.29 is 4.74 Å². The molecular weight excluding hydrogens is 376 g/mol. The molecule has 0 atom stereocenters. The molecule has 7 heteroatoms. The molecule has 30 heavy (non-hydrogen) atoms. The van der Waals surface area contributed by atoms with E-state index in [9.17, 15) is 0 Å². The van der Waals surface area contributed by atoms with E-state index in [1.807, 2.05) is 10.6 Å². The van der Waals surface area contributed by atoms with Crippen molar-refractivity contribution in [1.29, 1.82) is 0 Å². The molecule has 0 radical (unpaired) electrons. The monoisotopic (exact) mass is 406 g/mol. The largest absolute Gasteiger partial charge is 0.493 e. The van der Waals surface area contributed by atoms with Crippen molar-refractivity contribution >= 4 is 11.5 Å². The molecule has 2 aromatic heterocycles. The van der Waals surface area contributed by atoms with Crippen LogP contribution in [0.15, 0.2) is 30.3 Å². The van der Waals surface area contributed by atoms with Crippen molar-refractivity contribution in [3.8, 4) is 5.75 Å². The smallest absolute Gasteiger partial charge is 0.178 e.